The zero-order chi connectivity index (χ0) is 10.8. The summed E-state index contributed by atoms with van der Waals surface area (Å²) in [5.41, 5.74) is 0. The predicted molar refractivity (Wildman–Crippen MR) is 54.2 cm³/mol. The molecule has 0 heterocycles. The van der Waals surface area contributed by atoms with E-state index in [1.165, 1.54) is 0 Å². The van der Waals surface area contributed by atoms with E-state index in [1.807, 2.05) is 0 Å². The lowest BCUT2D eigenvalue weighted by atomic mass is 10.2. The van der Waals surface area contributed by atoms with Crippen LogP contribution >= 0.6 is 0 Å². The van der Waals surface area contributed by atoms with Gasteiger partial charge in [-0.1, -0.05) is 26.7 Å². The second kappa shape index (κ2) is 4.29. The van der Waals surface area contributed by atoms with Gasteiger partial charge in [-0.05, 0) is 12.8 Å². The molecule has 1 rings (SSSR count). The number of rotatable bonds is 3. The Kier molecular flexibility index (Phi) is 3.53. The van der Waals surface area contributed by atoms with Gasteiger partial charge in [0.2, 0.25) is 15.9 Å². The summed E-state index contributed by atoms with van der Waals surface area (Å²) in [4.78, 5) is 11.2. The molecule has 0 aromatic carbocycles. The minimum atomic E-state index is -3.40. The maximum absolute atomic E-state index is 11.6. The van der Waals surface area contributed by atoms with Gasteiger partial charge in [0.1, 0.15) is 0 Å². The molecule has 1 fully saturated rings. The van der Waals surface area contributed by atoms with Crippen molar-refractivity contribution in [2.75, 3.05) is 0 Å². The van der Waals surface area contributed by atoms with Crippen molar-refractivity contribution in [2.45, 2.75) is 44.8 Å². The van der Waals surface area contributed by atoms with Gasteiger partial charge in [0, 0.05) is 5.92 Å². The summed E-state index contributed by atoms with van der Waals surface area (Å²) in [6.45, 7) is 3.36. The van der Waals surface area contributed by atoms with E-state index in [2.05, 4.69) is 4.72 Å². The summed E-state index contributed by atoms with van der Waals surface area (Å²) in [6, 6.07) is 0. The zero-order valence-electron chi connectivity index (χ0n) is 8.62. The molecule has 0 saturated heterocycles. The number of nitrogens with one attached hydrogen (secondary N) is 1. The fourth-order valence-electron chi connectivity index (χ4n) is 1.54. The van der Waals surface area contributed by atoms with Crippen LogP contribution in [0.1, 0.15) is 39.5 Å². The molecular formula is C9H17NO3S. The summed E-state index contributed by atoms with van der Waals surface area (Å²) in [7, 11) is -3.40. The largest absolute Gasteiger partial charge is 0.274 e. The first-order chi connectivity index (χ1) is 6.43. The molecule has 0 bridgehead atoms. The lowest BCUT2D eigenvalue weighted by Crippen LogP contribution is -2.39. The Labute approximate surface area is 85.1 Å². The molecule has 0 aromatic rings. The van der Waals surface area contributed by atoms with Gasteiger partial charge in [0.15, 0.2) is 0 Å². The standard InChI is InChI=1S/C9H17NO3S/c1-7(2)9(11)10-14(12,13)8-5-3-4-6-8/h7-8H,3-6H2,1-2H3,(H,10,11). The number of amides is 1. The van der Waals surface area contributed by atoms with Crippen molar-refractivity contribution >= 4 is 15.9 Å². The third-order valence-corrected chi connectivity index (χ3v) is 4.34. The van der Waals surface area contributed by atoms with Crippen LogP contribution in [0.5, 0.6) is 0 Å². The van der Waals surface area contributed by atoms with E-state index in [9.17, 15) is 13.2 Å². The van der Waals surface area contributed by atoms with Gasteiger partial charge < -0.3 is 0 Å². The first-order valence-corrected chi connectivity index (χ1v) is 6.53. The van der Waals surface area contributed by atoms with Crippen molar-refractivity contribution in [3.05, 3.63) is 0 Å². The molecule has 1 saturated carbocycles. The minimum Gasteiger partial charge on any atom is -0.274 e. The molecule has 0 radical (unpaired) electrons. The number of carbonyl (C=O) groups excluding carboxylic acids is 1. The Morgan fingerprint density at radius 3 is 2.21 bits per heavy atom. The van der Waals surface area contributed by atoms with Crippen LogP contribution in [0, 0.1) is 5.92 Å². The van der Waals surface area contributed by atoms with Crippen molar-refractivity contribution in [3.63, 3.8) is 0 Å². The van der Waals surface area contributed by atoms with Crippen LogP contribution in [-0.2, 0) is 14.8 Å². The number of hydrogen-bond acceptors (Lipinski definition) is 3. The van der Waals surface area contributed by atoms with Gasteiger partial charge in [0.25, 0.3) is 0 Å². The first-order valence-electron chi connectivity index (χ1n) is 4.99. The highest BCUT2D eigenvalue weighted by molar-refractivity contribution is 7.90. The van der Waals surface area contributed by atoms with Crippen LogP contribution in [0.2, 0.25) is 0 Å². The SMILES string of the molecule is CC(C)C(=O)NS(=O)(=O)C1CCCC1. The second-order valence-electron chi connectivity index (χ2n) is 4.07. The predicted octanol–water partition coefficient (Wildman–Crippen LogP) is 1.03. The Morgan fingerprint density at radius 2 is 1.79 bits per heavy atom. The third kappa shape index (κ3) is 2.70. The zero-order valence-corrected chi connectivity index (χ0v) is 9.43. The minimum absolute atomic E-state index is 0.286. The van der Waals surface area contributed by atoms with Crippen LogP contribution in [-0.4, -0.2) is 19.6 Å². The Bertz CT molecular complexity index is 302. The molecule has 5 heteroatoms. The Morgan fingerprint density at radius 1 is 1.29 bits per heavy atom. The van der Waals surface area contributed by atoms with E-state index in [1.54, 1.807) is 13.8 Å². The molecule has 1 aliphatic rings. The maximum Gasteiger partial charge on any atom is 0.237 e. The lowest BCUT2D eigenvalue weighted by molar-refractivity contribution is -0.122. The number of sulfonamides is 1. The molecule has 1 aliphatic carbocycles. The molecule has 0 aromatic heterocycles. The highest BCUT2D eigenvalue weighted by Gasteiger charge is 2.30. The van der Waals surface area contributed by atoms with Gasteiger partial charge in [0.05, 0.1) is 5.25 Å². The molecular weight excluding hydrogens is 202 g/mol. The van der Waals surface area contributed by atoms with E-state index < -0.39 is 15.9 Å². The van der Waals surface area contributed by atoms with Crippen molar-refractivity contribution in [1.29, 1.82) is 0 Å². The van der Waals surface area contributed by atoms with Gasteiger partial charge in [-0.15, -0.1) is 0 Å². The fraction of sp³-hybridized carbons (Fsp3) is 0.889. The highest BCUT2D eigenvalue weighted by atomic mass is 32.2. The summed E-state index contributed by atoms with van der Waals surface area (Å²) in [6.07, 6.45) is 3.25. The molecule has 1 amide bonds. The lowest BCUT2D eigenvalue weighted by Gasteiger charge is -2.13. The van der Waals surface area contributed by atoms with Crippen LogP contribution in [0.25, 0.3) is 0 Å². The Hall–Kier alpha value is -0.580. The smallest absolute Gasteiger partial charge is 0.237 e. The molecule has 82 valence electrons. The normalized spacial score (nSPS) is 18.8. The summed E-state index contributed by atoms with van der Waals surface area (Å²) in [5, 5.41) is -0.356. The third-order valence-electron chi connectivity index (χ3n) is 2.51. The van der Waals surface area contributed by atoms with Crippen molar-refractivity contribution in [2.24, 2.45) is 5.92 Å². The van der Waals surface area contributed by atoms with Crippen LogP contribution < -0.4 is 4.72 Å². The molecule has 0 spiro atoms. The van der Waals surface area contributed by atoms with Crippen LogP contribution in [0.4, 0.5) is 0 Å². The summed E-state index contributed by atoms with van der Waals surface area (Å²) >= 11 is 0. The highest BCUT2D eigenvalue weighted by Crippen LogP contribution is 2.23. The van der Waals surface area contributed by atoms with E-state index in [-0.39, 0.29) is 11.2 Å². The van der Waals surface area contributed by atoms with Crippen molar-refractivity contribution < 1.29 is 13.2 Å². The van der Waals surface area contributed by atoms with Crippen molar-refractivity contribution in [1.82, 2.24) is 4.72 Å². The number of carbonyl (C=O) groups is 1. The second-order valence-corrected chi connectivity index (χ2v) is 6.03. The number of hydrogen-bond donors (Lipinski definition) is 1. The molecule has 0 unspecified atom stereocenters. The quantitative estimate of drug-likeness (QED) is 0.771. The first kappa shape index (κ1) is 11.5. The average Bonchev–Trinajstić information content (AvgIpc) is 2.54. The van der Waals surface area contributed by atoms with Crippen LogP contribution in [0.3, 0.4) is 0 Å². The summed E-state index contributed by atoms with van der Waals surface area (Å²) in [5.74, 6) is -0.692. The molecule has 4 nitrogen and oxygen atoms in total. The van der Waals surface area contributed by atoms with Gasteiger partial charge in [-0.3, -0.25) is 9.52 Å². The monoisotopic (exact) mass is 219 g/mol. The van der Waals surface area contributed by atoms with Gasteiger partial charge in [-0.25, -0.2) is 8.42 Å². The van der Waals surface area contributed by atoms with Crippen LogP contribution in [0.15, 0.2) is 0 Å². The topological polar surface area (TPSA) is 63.2 Å². The molecule has 1 N–H and O–H groups in total. The van der Waals surface area contributed by atoms with E-state index in [0.29, 0.717) is 12.8 Å². The van der Waals surface area contributed by atoms with E-state index >= 15 is 0 Å². The van der Waals surface area contributed by atoms with Crippen molar-refractivity contribution in [3.8, 4) is 0 Å². The molecule has 0 aliphatic heterocycles. The molecule has 14 heavy (non-hydrogen) atoms. The summed E-state index contributed by atoms with van der Waals surface area (Å²) < 4.78 is 25.4. The Balaban J connectivity index is 2.62. The fourth-order valence-corrected chi connectivity index (χ4v) is 3.18. The molecule has 0 atom stereocenters. The van der Waals surface area contributed by atoms with E-state index in [0.717, 1.165) is 12.8 Å². The maximum atomic E-state index is 11.6. The average molecular weight is 219 g/mol. The van der Waals surface area contributed by atoms with Gasteiger partial charge in [-0.2, -0.15) is 0 Å². The van der Waals surface area contributed by atoms with E-state index in [4.69, 9.17) is 0 Å². The van der Waals surface area contributed by atoms with Gasteiger partial charge >= 0.3 is 0 Å².